The van der Waals surface area contributed by atoms with Crippen LogP contribution in [0.25, 0.3) is 10.9 Å². The fourth-order valence-corrected chi connectivity index (χ4v) is 2.03. The Morgan fingerprint density at radius 3 is 2.79 bits per heavy atom. The van der Waals surface area contributed by atoms with E-state index in [0.29, 0.717) is 16.5 Å². The molecule has 0 aliphatic rings. The van der Waals surface area contributed by atoms with Gasteiger partial charge in [-0.15, -0.1) is 0 Å². The molecule has 19 heavy (non-hydrogen) atoms. The number of nitrogens with zero attached hydrogens (tertiary/aromatic N) is 2. The second-order valence-corrected chi connectivity index (χ2v) is 4.20. The molecule has 0 spiro atoms. The van der Waals surface area contributed by atoms with Gasteiger partial charge in [0, 0.05) is 29.8 Å². The highest BCUT2D eigenvalue weighted by molar-refractivity contribution is 5.99. The summed E-state index contributed by atoms with van der Waals surface area (Å²) in [7, 11) is 0. The van der Waals surface area contributed by atoms with Gasteiger partial charge in [-0.3, -0.25) is 14.9 Å². The molecule has 1 N–H and O–H groups in total. The number of ketones is 1. The van der Waals surface area contributed by atoms with Crippen molar-refractivity contribution in [2.45, 2.75) is 6.42 Å². The maximum atomic E-state index is 13.5. The van der Waals surface area contributed by atoms with E-state index in [9.17, 15) is 9.18 Å². The fraction of sp³-hybridized carbons (Fsp3) is 0.0714. The summed E-state index contributed by atoms with van der Waals surface area (Å²) >= 11 is 0. The largest absolute Gasteiger partial charge is 0.294 e. The number of Topliss-reactive ketones (excluding diaryl/α,β-unsaturated/α-hetero) is 1. The third kappa shape index (κ3) is 2.10. The zero-order valence-corrected chi connectivity index (χ0v) is 9.93. The molecule has 1 aromatic carbocycles. The quantitative estimate of drug-likeness (QED) is 0.731. The standard InChI is InChI=1S/C14H10FN3O/c15-12-2-1-10(11-8-17-18-14(11)12)7-13(19)9-3-5-16-6-4-9/h1-6,8H,7H2,(H,17,18). The van der Waals surface area contributed by atoms with Gasteiger partial charge in [0.2, 0.25) is 0 Å². The molecule has 0 amide bonds. The number of rotatable bonds is 3. The molecule has 3 rings (SSSR count). The molecule has 5 heteroatoms. The van der Waals surface area contributed by atoms with Crippen molar-refractivity contribution in [3.8, 4) is 0 Å². The number of aromatic amines is 1. The Balaban J connectivity index is 1.96. The van der Waals surface area contributed by atoms with E-state index < -0.39 is 0 Å². The molecule has 3 aromatic rings. The highest BCUT2D eigenvalue weighted by Crippen LogP contribution is 2.21. The van der Waals surface area contributed by atoms with Gasteiger partial charge in [-0.05, 0) is 23.8 Å². The van der Waals surface area contributed by atoms with E-state index in [1.165, 1.54) is 12.3 Å². The number of nitrogens with one attached hydrogen (secondary N) is 1. The normalized spacial score (nSPS) is 10.8. The molecule has 0 saturated heterocycles. The second kappa shape index (κ2) is 4.61. The predicted molar refractivity (Wildman–Crippen MR) is 68.3 cm³/mol. The van der Waals surface area contributed by atoms with Gasteiger partial charge in [-0.2, -0.15) is 5.10 Å². The molecule has 0 radical (unpaired) electrons. The molecule has 94 valence electrons. The summed E-state index contributed by atoms with van der Waals surface area (Å²) in [6, 6.07) is 6.29. The first-order chi connectivity index (χ1) is 9.25. The van der Waals surface area contributed by atoms with Crippen LogP contribution >= 0.6 is 0 Å². The zero-order valence-electron chi connectivity index (χ0n) is 9.93. The van der Waals surface area contributed by atoms with Gasteiger partial charge in [-0.1, -0.05) is 6.07 Å². The summed E-state index contributed by atoms with van der Waals surface area (Å²) in [5, 5.41) is 7.05. The van der Waals surface area contributed by atoms with Gasteiger partial charge in [-0.25, -0.2) is 4.39 Å². The van der Waals surface area contributed by atoms with Crippen molar-refractivity contribution in [1.82, 2.24) is 15.2 Å². The molecule has 0 unspecified atom stereocenters. The van der Waals surface area contributed by atoms with Crippen LogP contribution in [0.2, 0.25) is 0 Å². The minimum absolute atomic E-state index is 0.0310. The van der Waals surface area contributed by atoms with Crippen LogP contribution < -0.4 is 0 Å². The number of aromatic nitrogens is 3. The summed E-state index contributed by atoms with van der Waals surface area (Å²) in [6.07, 6.45) is 4.89. The summed E-state index contributed by atoms with van der Waals surface area (Å²) in [4.78, 5) is 16.0. The highest BCUT2D eigenvalue weighted by Gasteiger charge is 2.12. The SMILES string of the molecule is O=C(Cc1ccc(F)c2[nH]ncc12)c1ccncc1. The second-order valence-electron chi connectivity index (χ2n) is 4.20. The first-order valence-corrected chi connectivity index (χ1v) is 5.79. The predicted octanol–water partition coefficient (Wildman–Crippen LogP) is 2.52. The zero-order chi connectivity index (χ0) is 13.2. The van der Waals surface area contributed by atoms with Crippen LogP contribution in [-0.2, 0) is 6.42 Å². The number of hydrogen-bond acceptors (Lipinski definition) is 3. The average Bonchev–Trinajstić information content (AvgIpc) is 2.93. The maximum absolute atomic E-state index is 13.5. The third-order valence-corrected chi connectivity index (χ3v) is 3.01. The van der Waals surface area contributed by atoms with E-state index in [4.69, 9.17) is 0 Å². The van der Waals surface area contributed by atoms with Crippen LogP contribution in [0.4, 0.5) is 4.39 Å². The molecule has 0 aliphatic carbocycles. The van der Waals surface area contributed by atoms with Crippen molar-refractivity contribution in [2.24, 2.45) is 0 Å². The molecular formula is C14H10FN3O. The van der Waals surface area contributed by atoms with Crippen LogP contribution in [0.3, 0.4) is 0 Å². The van der Waals surface area contributed by atoms with Gasteiger partial charge < -0.3 is 0 Å². The minimum atomic E-state index is -0.368. The van der Waals surface area contributed by atoms with E-state index >= 15 is 0 Å². The van der Waals surface area contributed by atoms with Gasteiger partial charge in [0.25, 0.3) is 0 Å². The number of benzene rings is 1. The van der Waals surface area contributed by atoms with Crippen molar-refractivity contribution in [2.75, 3.05) is 0 Å². The van der Waals surface area contributed by atoms with Crippen LogP contribution in [0.15, 0.2) is 42.9 Å². The molecule has 0 bridgehead atoms. The van der Waals surface area contributed by atoms with E-state index in [-0.39, 0.29) is 18.0 Å². The van der Waals surface area contributed by atoms with E-state index in [1.807, 2.05) is 0 Å². The van der Waals surface area contributed by atoms with Crippen LogP contribution in [0, 0.1) is 5.82 Å². The Morgan fingerprint density at radius 1 is 1.21 bits per heavy atom. The van der Waals surface area contributed by atoms with Crippen LogP contribution in [0.5, 0.6) is 0 Å². The topological polar surface area (TPSA) is 58.6 Å². The Morgan fingerprint density at radius 2 is 2.00 bits per heavy atom. The summed E-state index contributed by atoms with van der Waals surface area (Å²) in [5.74, 6) is -0.399. The first kappa shape index (κ1) is 11.5. The number of H-pyrrole nitrogens is 1. The Labute approximate surface area is 108 Å². The number of halogens is 1. The molecule has 0 atom stereocenters. The lowest BCUT2D eigenvalue weighted by Gasteiger charge is -2.03. The van der Waals surface area contributed by atoms with Gasteiger partial charge >= 0.3 is 0 Å². The molecule has 2 aromatic heterocycles. The van der Waals surface area contributed by atoms with E-state index in [2.05, 4.69) is 15.2 Å². The lowest BCUT2D eigenvalue weighted by molar-refractivity contribution is 0.0993. The number of pyridine rings is 1. The lowest BCUT2D eigenvalue weighted by Crippen LogP contribution is -2.04. The maximum Gasteiger partial charge on any atom is 0.167 e. The number of carbonyl (C=O) groups is 1. The van der Waals surface area contributed by atoms with Crippen molar-refractivity contribution in [3.05, 3.63) is 59.8 Å². The number of hydrogen-bond donors (Lipinski definition) is 1. The minimum Gasteiger partial charge on any atom is -0.294 e. The van der Waals surface area contributed by atoms with Crippen LogP contribution in [-0.4, -0.2) is 21.0 Å². The molecular weight excluding hydrogens is 245 g/mol. The van der Waals surface area contributed by atoms with Crippen molar-refractivity contribution in [3.63, 3.8) is 0 Å². The van der Waals surface area contributed by atoms with Gasteiger partial charge in [0.15, 0.2) is 5.78 Å². The van der Waals surface area contributed by atoms with Crippen molar-refractivity contribution < 1.29 is 9.18 Å². The number of fused-ring (bicyclic) bond motifs is 1. The lowest BCUT2D eigenvalue weighted by atomic mass is 10.0. The average molecular weight is 255 g/mol. The van der Waals surface area contributed by atoms with Gasteiger partial charge in [0.05, 0.1) is 6.20 Å². The smallest absolute Gasteiger partial charge is 0.167 e. The molecule has 0 fully saturated rings. The first-order valence-electron chi connectivity index (χ1n) is 5.79. The number of carbonyl (C=O) groups excluding carboxylic acids is 1. The Kier molecular flexibility index (Phi) is 2.79. The molecule has 2 heterocycles. The summed E-state index contributed by atoms with van der Waals surface area (Å²) < 4.78 is 13.5. The summed E-state index contributed by atoms with van der Waals surface area (Å²) in [6.45, 7) is 0. The Hall–Kier alpha value is -2.56. The molecule has 0 aliphatic heterocycles. The Bertz CT molecular complexity index is 737. The molecule has 4 nitrogen and oxygen atoms in total. The van der Waals surface area contributed by atoms with Crippen LogP contribution in [0.1, 0.15) is 15.9 Å². The highest BCUT2D eigenvalue weighted by atomic mass is 19.1. The fourth-order valence-electron chi connectivity index (χ4n) is 2.03. The van der Waals surface area contributed by atoms with Crippen molar-refractivity contribution >= 4 is 16.7 Å². The van der Waals surface area contributed by atoms with Crippen molar-refractivity contribution in [1.29, 1.82) is 0 Å². The summed E-state index contributed by atoms with van der Waals surface area (Å²) in [5.41, 5.74) is 1.68. The third-order valence-electron chi connectivity index (χ3n) is 3.01. The van der Waals surface area contributed by atoms with Gasteiger partial charge in [0.1, 0.15) is 11.3 Å². The van der Waals surface area contributed by atoms with E-state index in [0.717, 1.165) is 5.56 Å². The monoisotopic (exact) mass is 255 g/mol. The molecule has 0 saturated carbocycles. The van der Waals surface area contributed by atoms with E-state index in [1.54, 1.807) is 30.6 Å².